The molecule has 0 saturated heterocycles. The van der Waals surface area contributed by atoms with E-state index in [0.717, 1.165) is 24.5 Å². The van der Waals surface area contributed by atoms with E-state index in [1.54, 1.807) is 19.1 Å². The third-order valence-corrected chi connectivity index (χ3v) is 6.22. The molecular weight excluding hydrogens is 379 g/mol. The average Bonchev–Trinajstić information content (AvgIpc) is 3.00. The number of fused-ring (bicyclic) bond motifs is 1. The SMILES string of the molecule is COC(C)c1cc2c(c(C(F)(F)F)c1)CN(c1cccc(C3CC(C)C3)c1)C2=O. The molecule has 4 rings (SSSR count). The molecule has 0 aromatic heterocycles. The fourth-order valence-electron chi connectivity index (χ4n) is 4.38. The molecule has 29 heavy (non-hydrogen) atoms. The highest BCUT2D eigenvalue weighted by Crippen LogP contribution is 2.44. The molecule has 0 radical (unpaired) electrons. The van der Waals surface area contributed by atoms with Gasteiger partial charge in [0.25, 0.3) is 5.91 Å². The number of methoxy groups -OCH3 is 1. The molecule has 2 aliphatic rings. The Morgan fingerprint density at radius 3 is 2.52 bits per heavy atom. The Balaban J connectivity index is 1.72. The van der Waals surface area contributed by atoms with E-state index < -0.39 is 23.8 Å². The van der Waals surface area contributed by atoms with Gasteiger partial charge in [-0.1, -0.05) is 19.1 Å². The van der Waals surface area contributed by atoms with Crippen molar-refractivity contribution < 1.29 is 22.7 Å². The van der Waals surface area contributed by atoms with E-state index in [2.05, 4.69) is 6.92 Å². The topological polar surface area (TPSA) is 29.5 Å². The highest BCUT2D eigenvalue weighted by Gasteiger charge is 2.41. The van der Waals surface area contributed by atoms with Crippen molar-refractivity contribution in [2.75, 3.05) is 12.0 Å². The van der Waals surface area contributed by atoms with Gasteiger partial charge in [-0.25, -0.2) is 0 Å². The van der Waals surface area contributed by atoms with Crippen molar-refractivity contribution in [3.63, 3.8) is 0 Å². The molecule has 1 aliphatic heterocycles. The Morgan fingerprint density at radius 1 is 1.17 bits per heavy atom. The van der Waals surface area contributed by atoms with Crippen LogP contribution in [0.3, 0.4) is 0 Å². The maximum Gasteiger partial charge on any atom is 0.416 e. The first-order valence-electron chi connectivity index (χ1n) is 9.87. The van der Waals surface area contributed by atoms with Crippen LogP contribution in [0.2, 0.25) is 0 Å². The number of halogens is 3. The Kier molecular flexibility index (Phi) is 4.93. The van der Waals surface area contributed by atoms with Crippen molar-refractivity contribution in [1.29, 1.82) is 0 Å². The van der Waals surface area contributed by atoms with Gasteiger partial charge in [0.05, 0.1) is 18.2 Å². The molecule has 0 spiro atoms. The maximum atomic E-state index is 13.7. The van der Waals surface area contributed by atoms with Crippen LogP contribution < -0.4 is 4.90 Å². The first-order valence-corrected chi connectivity index (χ1v) is 9.87. The van der Waals surface area contributed by atoms with Gasteiger partial charge in [0.1, 0.15) is 0 Å². The minimum atomic E-state index is -4.53. The van der Waals surface area contributed by atoms with Crippen LogP contribution in [0, 0.1) is 5.92 Å². The average molecular weight is 403 g/mol. The second-order valence-electron chi connectivity index (χ2n) is 8.23. The summed E-state index contributed by atoms with van der Waals surface area (Å²) in [5.41, 5.74) is 1.55. The molecule has 6 heteroatoms. The zero-order valence-corrected chi connectivity index (χ0v) is 16.7. The molecule has 2 aromatic carbocycles. The van der Waals surface area contributed by atoms with Gasteiger partial charge in [0, 0.05) is 18.4 Å². The number of nitrogens with zero attached hydrogens (tertiary/aromatic N) is 1. The van der Waals surface area contributed by atoms with Gasteiger partial charge in [0.15, 0.2) is 0 Å². The molecule has 1 aliphatic carbocycles. The van der Waals surface area contributed by atoms with E-state index in [9.17, 15) is 18.0 Å². The molecule has 0 bridgehead atoms. The fraction of sp³-hybridized carbons (Fsp3) is 0.435. The molecule has 1 saturated carbocycles. The lowest BCUT2D eigenvalue weighted by Gasteiger charge is -2.33. The summed E-state index contributed by atoms with van der Waals surface area (Å²) >= 11 is 0. The summed E-state index contributed by atoms with van der Waals surface area (Å²) in [7, 11) is 1.44. The number of carbonyl (C=O) groups is 1. The van der Waals surface area contributed by atoms with Crippen molar-refractivity contribution >= 4 is 11.6 Å². The van der Waals surface area contributed by atoms with Crippen molar-refractivity contribution in [1.82, 2.24) is 0 Å². The summed E-state index contributed by atoms with van der Waals surface area (Å²) < 4.78 is 46.4. The number of amides is 1. The number of ether oxygens (including phenoxy) is 1. The van der Waals surface area contributed by atoms with E-state index in [0.29, 0.717) is 23.1 Å². The Bertz CT molecular complexity index is 948. The van der Waals surface area contributed by atoms with Gasteiger partial charge >= 0.3 is 6.18 Å². The molecule has 3 nitrogen and oxygen atoms in total. The lowest BCUT2D eigenvalue weighted by Crippen LogP contribution is -2.24. The predicted octanol–water partition coefficient (Wildman–Crippen LogP) is 6.09. The fourth-order valence-corrected chi connectivity index (χ4v) is 4.38. The number of benzene rings is 2. The normalized spacial score (nSPS) is 22.4. The molecule has 1 amide bonds. The number of rotatable bonds is 4. The highest BCUT2D eigenvalue weighted by atomic mass is 19.4. The predicted molar refractivity (Wildman–Crippen MR) is 105 cm³/mol. The van der Waals surface area contributed by atoms with Gasteiger partial charge < -0.3 is 9.64 Å². The summed E-state index contributed by atoms with van der Waals surface area (Å²) in [6, 6.07) is 10.3. The molecule has 2 aromatic rings. The first-order chi connectivity index (χ1) is 13.7. The lowest BCUT2D eigenvalue weighted by atomic mass is 9.72. The van der Waals surface area contributed by atoms with Crippen molar-refractivity contribution in [3.05, 3.63) is 64.2 Å². The number of anilines is 1. The first kappa shape index (κ1) is 20.0. The van der Waals surface area contributed by atoms with Crippen LogP contribution in [-0.4, -0.2) is 13.0 Å². The lowest BCUT2D eigenvalue weighted by molar-refractivity contribution is -0.138. The Labute approximate surface area is 168 Å². The van der Waals surface area contributed by atoms with Gasteiger partial charge in [-0.05, 0) is 72.6 Å². The molecule has 1 unspecified atom stereocenters. The number of hydrogen-bond acceptors (Lipinski definition) is 2. The summed E-state index contributed by atoms with van der Waals surface area (Å²) in [6.07, 6.45) is -2.86. The zero-order chi connectivity index (χ0) is 20.9. The minimum Gasteiger partial charge on any atom is -0.377 e. The van der Waals surface area contributed by atoms with Gasteiger partial charge in [-0.3, -0.25) is 4.79 Å². The second kappa shape index (κ2) is 7.17. The summed E-state index contributed by atoms with van der Waals surface area (Å²) in [5.74, 6) is 0.761. The zero-order valence-electron chi connectivity index (χ0n) is 16.7. The number of carbonyl (C=O) groups excluding carboxylic acids is 1. The number of alkyl halides is 3. The van der Waals surface area contributed by atoms with E-state index in [1.807, 2.05) is 18.2 Å². The van der Waals surface area contributed by atoms with Gasteiger partial charge in [-0.15, -0.1) is 0 Å². The van der Waals surface area contributed by atoms with Crippen molar-refractivity contribution in [2.24, 2.45) is 5.92 Å². The van der Waals surface area contributed by atoms with Crippen LogP contribution in [0.1, 0.15) is 71.3 Å². The van der Waals surface area contributed by atoms with Crippen LogP contribution >= 0.6 is 0 Å². The van der Waals surface area contributed by atoms with Crippen LogP contribution in [-0.2, 0) is 17.5 Å². The molecule has 1 atom stereocenters. The Hall–Kier alpha value is -2.34. The monoisotopic (exact) mass is 403 g/mol. The van der Waals surface area contributed by atoms with E-state index in [-0.39, 0.29) is 17.7 Å². The molecule has 1 fully saturated rings. The van der Waals surface area contributed by atoms with E-state index in [1.165, 1.54) is 12.0 Å². The summed E-state index contributed by atoms with van der Waals surface area (Å²) in [6.45, 7) is 3.80. The second-order valence-corrected chi connectivity index (χ2v) is 8.23. The quantitative estimate of drug-likeness (QED) is 0.619. The molecule has 1 heterocycles. The summed E-state index contributed by atoms with van der Waals surface area (Å²) in [5, 5.41) is 0. The highest BCUT2D eigenvalue weighted by molar-refractivity contribution is 6.10. The molecular formula is C23H24F3NO2. The van der Waals surface area contributed by atoms with Crippen LogP contribution in [0.5, 0.6) is 0 Å². The van der Waals surface area contributed by atoms with Gasteiger partial charge in [0.2, 0.25) is 0 Å². The third kappa shape index (κ3) is 3.54. The van der Waals surface area contributed by atoms with Crippen molar-refractivity contribution in [2.45, 2.75) is 51.4 Å². The van der Waals surface area contributed by atoms with Gasteiger partial charge in [-0.2, -0.15) is 13.2 Å². The smallest absolute Gasteiger partial charge is 0.377 e. The third-order valence-electron chi connectivity index (χ3n) is 6.22. The van der Waals surface area contributed by atoms with Crippen molar-refractivity contribution in [3.8, 4) is 0 Å². The van der Waals surface area contributed by atoms with E-state index >= 15 is 0 Å². The molecule has 154 valence electrons. The van der Waals surface area contributed by atoms with Crippen LogP contribution in [0.4, 0.5) is 18.9 Å². The maximum absolute atomic E-state index is 13.7. The van der Waals surface area contributed by atoms with Crippen LogP contribution in [0.25, 0.3) is 0 Å². The molecule has 0 N–H and O–H groups in total. The minimum absolute atomic E-state index is 0.0391. The largest absolute Gasteiger partial charge is 0.416 e. The van der Waals surface area contributed by atoms with E-state index in [4.69, 9.17) is 4.74 Å². The number of hydrogen-bond donors (Lipinski definition) is 0. The Morgan fingerprint density at radius 2 is 1.90 bits per heavy atom. The van der Waals surface area contributed by atoms with Crippen LogP contribution in [0.15, 0.2) is 36.4 Å². The standard InChI is InChI=1S/C23H24F3NO2/c1-13-7-17(8-13)15-5-4-6-18(9-15)27-12-20-19(22(27)28)10-16(14(2)29-3)11-21(20)23(24,25)26/h4-6,9-11,13-14,17H,7-8,12H2,1-3H3. The summed E-state index contributed by atoms with van der Waals surface area (Å²) in [4.78, 5) is 14.5.